The number of carbonyl (C=O) groups is 1. The minimum atomic E-state index is 0.0726. The number of ether oxygens (including phenoxy) is 1. The lowest BCUT2D eigenvalue weighted by Gasteiger charge is -2.31. The van der Waals surface area contributed by atoms with Crippen LogP contribution in [0.5, 0.6) is 5.75 Å². The van der Waals surface area contributed by atoms with Crippen LogP contribution < -0.4 is 10.1 Å². The zero-order valence-electron chi connectivity index (χ0n) is 17.5. The number of amides is 1. The summed E-state index contributed by atoms with van der Waals surface area (Å²) >= 11 is 12.1. The van der Waals surface area contributed by atoms with Crippen LogP contribution in [0.1, 0.15) is 37.3 Å². The van der Waals surface area contributed by atoms with E-state index in [1.807, 2.05) is 30.3 Å². The Bertz CT molecular complexity index is 818. The highest BCUT2D eigenvalue weighted by atomic mass is 35.5. The molecule has 0 atom stereocenters. The van der Waals surface area contributed by atoms with Gasteiger partial charge in [0.25, 0.3) is 0 Å². The van der Waals surface area contributed by atoms with Gasteiger partial charge in [-0.2, -0.15) is 0 Å². The standard InChI is InChI=1S/C24H30Cl2N2O2/c1-2-3-18-4-7-21(8-5-18)30-15-12-27-24(29)20-10-13-28(14-11-20)17-19-6-9-22(25)23(26)16-19/h4-9,16,20H,2-3,10-15,17H2,1H3,(H,27,29). The van der Waals surface area contributed by atoms with E-state index in [1.165, 1.54) is 5.56 Å². The molecule has 1 fully saturated rings. The second-order valence-electron chi connectivity index (χ2n) is 7.83. The fraction of sp³-hybridized carbons (Fsp3) is 0.458. The molecule has 1 amide bonds. The van der Waals surface area contributed by atoms with Crippen molar-refractivity contribution in [3.8, 4) is 5.75 Å². The van der Waals surface area contributed by atoms with Crippen molar-refractivity contribution in [1.29, 1.82) is 0 Å². The molecule has 162 valence electrons. The number of piperidine rings is 1. The molecule has 0 spiro atoms. The SMILES string of the molecule is CCCc1ccc(OCCNC(=O)C2CCN(Cc3ccc(Cl)c(Cl)c3)CC2)cc1. The molecule has 1 aliphatic heterocycles. The molecule has 0 aliphatic carbocycles. The maximum atomic E-state index is 12.5. The van der Waals surface area contributed by atoms with Crippen LogP contribution in [0, 0.1) is 5.92 Å². The lowest BCUT2D eigenvalue weighted by Crippen LogP contribution is -2.41. The number of carbonyl (C=O) groups excluding carboxylic acids is 1. The molecule has 0 aromatic heterocycles. The predicted octanol–water partition coefficient (Wildman–Crippen LogP) is 5.35. The second kappa shape index (κ2) is 11.6. The fourth-order valence-corrected chi connectivity index (χ4v) is 4.10. The van der Waals surface area contributed by atoms with Crippen LogP contribution >= 0.6 is 23.2 Å². The second-order valence-corrected chi connectivity index (χ2v) is 8.65. The summed E-state index contributed by atoms with van der Waals surface area (Å²) in [5.74, 6) is 1.05. The third kappa shape index (κ3) is 6.90. The number of hydrogen-bond acceptors (Lipinski definition) is 3. The van der Waals surface area contributed by atoms with Crippen molar-refractivity contribution in [2.24, 2.45) is 5.92 Å². The highest BCUT2D eigenvalue weighted by molar-refractivity contribution is 6.42. The van der Waals surface area contributed by atoms with Gasteiger partial charge in [0.15, 0.2) is 0 Å². The molecule has 1 N–H and O–H groups in total. The van der Waals surface area contributed by atoms with Crippen molar-refractivity contribution in [3.63, 3.8) is 0 Å². The van der Waals surface area contributed by atoms with E-state index in [-0.39, 0.29) is 11.8 Å². The van der Waals surface area contributed by atoms with E-state index in [9.17, 15) is 4.79 Å². The largest absolute Gasteiger partial charge is 0.492 e. The Morgan fingerprint density at radius 3 is 2.43 bits per heavy atom. The molecule has 0 saturated carbocycles. The highest BCUT2D eigenvalue weighted by Gasteiger charge is 2.24. The first-order valence-corrected chi connectivity index (χ1v) is 11.5. The molecule has 2 aromatic rings. The molecule has 4 nitrogen and oxygen atoms in total. The maximum absolute atomic E-state index is 12.5. The van der Waals surface area contributed by atoms with Gasteiger partial charge in [0, 0.05) is 12.5 Å². The van der Waals surface area contributed by atoms with Crippen molar-refractivity contribution in [2.45, 2.75) is 39.2 Å². The summed E-state index contributed by atoms with van der Waals surface area (Å²) in [7, 11) is 0. The average Bonchev–Trinajstić information content (AvgIpc) is 2.75. The lowest BCUT2D eigenvalue weighted by molar-refractivity contribution is -0.126. The van der Waals surface area contributed by atoms with Gasteiger partial charge in [-0.1, -0.05) is 54.7 Å². The number of aryl methyl sites for hydroxylation is 1. The third-order valence-electron chi connectivity index (χ3n) is 5.48. The van der Waals surface area contributed by atoms with E-state index in [4.69, 9.17) is 27.9 Å². The highest BCUT2D eigenvalue weighted by Crippen LogP contribution is 2.25. The summed E-state index contributed by atoms with van der Waals surface area (Å²) in [6, 6.07) is 13.9. The Hall–Kier alpha value is -1.75. The Balaban J connectivity index is 1.33. The summed E-state index contributed by atoms with van der Waals surface area (Å²) in [6.07, 6.45) is 3.96. The van der Waals surface area contributed by atoms with Gasteiger partial charge in [0.2, 0.25) is 5.91 Å². The molecule has 0 bridgehead atoms. The van der Waals surface area contributed by atoms with E-state index in [2.05, 4.69) is 29.3 Å². The molecule has 30 heavy (non-hydrogen) atoms. The van der Waals surface area contributed by atoms with Gasteiger partial charge in [-0.15, -0.1) is 0 Å². The van der Waals surface area contributed by atoms with Gasteiger partial charge in [0.1, 0.15) is 12.4 Å². The summed E-state index contributed by atoms with van der Waals surface area (Å²) in [5, 5.41) is 4.18. The van der Waals surface area contributed by atoms with Crippen molar-refractivity contribution in [3.05, 3.63) is 63.6 Å². The fourth-order valence-electron chi connectivity index (χ4n) is 3.78. The van der Waals surface area contributed by atoms with E-state index in [1.54, 1.807) is 0 Å². The number of benzene rings is 2. The number of nitrogens with one attached hydrogen (secondary N) is 1. The maximum Gasteiger partial charge on any atom is 0.223 e. The first-order chi connectivity index (χ1) is 14.5. The van der Waals surface area contributed by atoms with Crippen molar-refractivity contribution >= 4 is 29.1 Å². The molecule has 1 heterocycles. The molecule has 3 rings (SSSR count). The molecule has 2 aromatic carbocycles. The Kier molecular flexibility index (Phi) is 8.86. The number of hydrogen-bond donors (Lipinski definition) is 1. The van der Waals surface area contributed by atoms with Crippen molar-refractivity contribution in [1.82, 2.24) is 10.2 Å². The molecular weight excluding hydrogens is 419 g/mol. The number of nitrogens with zero attached hydrogens (tertiary/aromatic N) is 1. The summed E-state index contributed by atoms with van der Waals surface area (Å²) in [5.41, 5.74) is 2.47. The quantitative estimate of drug-likeness (QED) is 0.525. The lowest BCUT2D eigenvalue weighted by atomic mass is 9.95. The summed E-state index contributed by atoms with van der Waals surface area (Å²) in [4.78, 5) is 14.8. The van der Waals surface area contributed by atoms with Crippen LogP contribution in [0.4, 0.5) is 0 Å². The summed E-state index contributed by atoms with van der Waals surface area (Å²) in [6.45, 7) is 5.81. The van der Waals surface area contributed by atoms with Crippen LogP contribution in [0.15, 0.2) is 42.5 Å². The van der Waals surface area contributed by atoms with E-state index in [0.29, 0.717) is 23.2 Å². The van der Waals surface area contributed by atoms with Gasteiger partial charge in [-0.3, -0.25) is 9.69 Å². The zero-order valence-corrected chi connectivity index (χ0v) is 19.0. The minimum absolute atomic E-state index is 0.0726. The smallest absolute Gasteiger partial charge is 0.223 e. The number of halogens is 2. The average molecular weight is 449 g/mol. The molecule has 1 saturated heterocycles. The third-order valence-corrected chi connectivity index (χ3v) is 6.22. The summed E-state index contributed by atoms with van der Waals surface area (Å²) < 4.78 is 5.74. The topological polar surface area (TPSA) is 41.6 Å². The van der Waals surface area contributed by atoms with Gasteiger partial charge in [-0.25, -0.2) is 0 Å². The zero-order chi connectivity index (χ0) is 21.3. The van der Waals surface area contributed by atoms with Gasteiger partial charge >= 0.3 is 0 Å². The van der Waals surface area contributed by atoms with Crippen LogP contribution in [-0.2, 0) is 17.8 Å². The molecule has 6 heteroatoms. The normalized spacial score (nSPS) is 15.2. The minimum Gasteiger partial charge on any atom is -0.492 e. The van der Waals surface area contributed by atoms with Gasteiger partial charge in [-0.05, 0) is 67.7 Å². The van der Waals surface area contributed by atoms with E-state index >= 15 is 0 Å². The van der Waals surface area contributed by atoms with E-state index in [0.717, 1.165) is 56.6 Å². The first kappa shape index (κ1) is 22.9. The van der Waals surface area contributed by atoms with Crippen LogP contribution in [0.3, 0.4) is 0 Å². The van der Waals surface area contributed by atoms with Gasteiger partial charge < -0.3 is 10.1 Å². The van der Waals surface area contributed by atoms with Crippen LogP contribution in [0.2, 0.25) is 10.0 Å². The molecule has 0 radical (unpaired) electrons. The number of likely N-dealkylation sites (tertiary alicyclic amines) is 1. The van der Waals surface area contributed by atoms with Gasteiger partial charge in [0.05, 0.1) is 16.6 Å². The monoisotopic (exact) mass is 448 g/mol. The number of rotatable bonds is 9. The Labute approximate surface area is 189 Å². The van der Waals surface area contributed by atoms with Crippen LogP contribution in [-0.4, -0.2) is 37.0 Å². The molecular formula is C24H30Cl2N2O2. The Morgan fingerprint density at radius 2 is 1.77 bits per heavy atom. The van der Waals surface area contributed by atoms with Crippen molar-refractivity contribution in [2.75, 3.05) is 26.2 Å². The molecule has 1 aliphatic rings. The first-order valence-electron chi connectivity index (χ1n) is 10.7. The van der Waals surface area contributed by atoms with Crippen molar-refractivity contribution < 1.29 is 9.53 Å². The van der Waals surface area contributed by atoms with Crippen LogP contribution in [0.25, 0.3) is 0 Å². The molecule has 0 unspecified atom stereocenters. The van der Waals surface area contributed by atoms with E-state index < -0.39 is 0 Å². The Morgan fingerprint density at radius 1 is 1.07 bits per heavy atom. The predicted molar refractivity (Wildman–Crippen MR) is 123 cm³/mol.